The van der Waals surface area contributed by atoms with Crippen molar-refractivity contribution in [3.05, 3.63) is 66.7 Å². The van der Waals surface area contributed by atoms with E-state index in [-0.39, 0.29) is 0 Å². The molecule has 0 unspecified atom stereocenters. The van der Waals surface area contributed by atoms with Gasteiger partial charge in [0, 0.05) is 29.8 Å². The van der Waals surface area contributed by atoms with E-state index in [1.54, 1.807) is 13.5 Å². The van der Waals surface area contributed by atoms with Crippen LogP contribution in [0.15, 0.2) is 65.4 Å². The van der Waals surface area contributed by atoms with Gasteiger partial charge in [0.25, 0.3) is 5.52 Å². The van der Waals surface area contributed by atoms with Crippen LogP contribution in [-0.2, 0) is 13.1 Å². The van der Waals surface area contributed by atoms with E-state index < -0.39 is 10.2 Å². The van der Waals surface area contributed by atoms with Crippen LogP contribution in [0, 0.1) is 10.2 Å². The minimum atomic E-state index is -4.94. The van der Waals surface area contributed by atoms with Crippen LogP contribution < -0.4 is 27.9 Å². The highest BCUT2D eigenvalue weighted by Crippen LogP contribution is 2.33. The minimum absolute atomic E-state index is 0.874. The first-order valence-corrected chi connectivity index (χ1v) is 10.9. The number of ether oxygens (including phenoxy) is 1. The summed E-state index contributed by atoms with van der Waals surface area (Å²) in [5.74, 6) is 0.929. The molecule has 0 amide bonds. The number of fused-ring (bicyclic) bond motifs is 2. The minimum Gasteiger partial charge on any atom is -0.482 e. The van der Waals surface area contributed by atoms with Crippen molar-refractivity contribution >= 4 is 27.9 Å². The van der Waals surface area contributed by atoms with E-state index in [2.05, 4.69) is 58.5 Å². The quantitative estimate of drug-likeness (QED) is 0.385. The highest BCUT2D eigenvalue weighted by Gasteiger charge is 2.14. The second-order valence-electron chi connectivity index (χ2n) is 6.64. The predicted octanol–water partition coefficient (Wildman–Crippen LogP) is 0.0510. The Kier molecular flexibility index (Phi) is 7.32. The predicted molar refractivity (Wildman–Crippen MR) is 104 cm³/mol. The number of nitrogens with zero attached hydrogens (tertiary/aromatic N) is 2. The standard InChI is InChI=1S/C22H23N2O2.ClHO4/c1-3-24-19(17-10-4-5-11-18(17)22(24)25-2)12-8-9-15-23-16-26-21-14-7-6-13-20(21)23;2-1(3,4)5/h4-8,10-14,16H,3,9,15H2,1-2H3;(H,2,3,4,5)/q+1;/p-1. The molecule has 4 aromatic rings. The highest BCUT2D eigenvalue weighted by atomic mass is 35.7. The summed E-state index contributed by atoms with van der Waals surface area (Å²) in [7, 11) is -3.21. The van der Waals surface area contributed by atoms with Gasteiger partial charge in [0.1, 0.15) is 0 Å². The van der Waals surface area contributed by atoms with Gasteiger partial charge in [0.05, 0.1) is 12.8 Å². The molecule has 2 aromatic heterocycles. The molecule has 4 rings (SSSR count). The molecule has 164 valence electrons. The highest BCUT2D eigenvalue weighted by molar-refractivity contribution is 5.95. The van der Waals surface area contributed by atoms with Crippen LogP contribution in [0.3, 0.4) is 0 Å². The SMILES string of the molecule is CCn1c(C=CCC[n+]2coc3ccccc32)c2ccccc2c1OC.[O-][Cl+3]([O-])([O-])[O-]. The first kappa shape index (κ1) is 22.8. The van der Waals surface area contributed by atoms with Crippen LogP contribution in [0.2, 0.25) is 0 Å². The summed E-state index contributed by atoms with van der Waals surface area (Å²) in [6.07, 6.45) is 7.16. The third-order valence-corrected chi connectivity index (χ3v) is 4.77. The second kappa shape index (κ2) is 9.95. The van der Waals surface area contributed by atoms with Gasteiger partial charge in [0.15, 0.2) is 6.54 Å². The zero-order valence-electron chi connectivity index (χ0n) is 17.2. The molecule has 0 N–H and O–H groups in total. The third-order valence-electron chi connectivity index (χ3n) is 4.77. The van der Waals surface area contributed by atoms with Gasteiger partial charge in [-0.2, -0.15) is 4.57 Å². The molecule has 0 aliphatic heterocycles. The first-order valence-electron chi connectivity index (χ1n) is 9.62. The molecule has 0 aliphatic carbocycles. The molecular weight excluding hydrogens is 424 g/mol. The van der Waals surface area contributed by atoms with Crippen molar-refractivity contribution in [2.75, 3.05) is 7.11 Å². The molecule has 2 heterocycles. The number of allylic oxidation sites excluding steroid dienone is 1. The number of benzene rings is 2. The summed E-state index contributed by atoms with van der Waals surface area (Å²) in [6, 6.07) is 16.5. The molecule has 0 atom stereocenters. The normalized spacial score (nSPS) is 11.8. The number of halogens is 1. The van der Waals surface area contributed by atoms with E-state index in [1.807, 2.05) is 18.2 Å². The smallest absolute Gasteiger partial charge is 0.335 e. The van der Waals surface area contributed by atoms with Gasteiger partial charge in [-0.15, -0.1) is 10.2 Å². The second-order valence-corrected chi connectivity index (χ2v) is 7.39. The van der Waals surface area contributed by atoms with Gasteiger partial charge >= 0.3 is 6.39 Å². The lowest BCUT2D eigenvalue weighted by molar-refractivity contribution is -2.00. The maximum absolute atomic E-state index is 8.49. The Balaban J connectivity index is 0.000000491. The van der Waals surface area contributed by atoms with Crippen molar-refractivity contribution in [1.82, 2.24) is 4.57 Å². The number of oxazole rings is 1. The van der Waals surface area contributed by atoms with Crippen molar-refractivity contribution in [2.45, 2.75) is 26.4 Å². The Hall–Kier alpha value is -2.88. The largest absolute Gasteiger partial charge is 0.482 e. The van der Waals surface area contributed by atoms with Gasteiger partial charge in [-0.1, -0.05) is 36.4 Å². The van der Waals surface area contributed by atoms with Gasteiger partial charge in [-0.25, -0.2) is 18.6 Å². The van der Waals surface area contributed by atoms with Gasteiger partial charge in [-0.3, -0.25) is 0 Å². The number of hydrogen-bond acceptors (Lipinski definition) is 6. The van der Waals surface area contributed by atoms with E-state index >= 15 is 0 Å². The Bertz CT molecular complexity index is 1170. The summed E-state index contributed by atoms with van der Waals surface area (Å²) in [6.45, 7) is 3.90. The van der Waals surface area contributed by atoms with Gasteiger partial charge in [-0.05, 0) is 25.1 Å². The third kappa shape index (κ3) is 5.63. The topological polar surface area (TPSA) is 123 Å². The Labute approximate surface area is 181 Å². The van der Waals surface area contributed by atoms with Crippen LogP contribution in [-0.4, -0.2) is 11.7 Å². The molecule has 9 heteroatoms. The Morgan fingerprint density at radius 3 is 2.35 bits per heavy atom. The van der Waals surface area contributed by atoms with E-state index in [9.17, 15) is 0 Å². The monoisotopic (exact) mass is 446 g/mol. The maximum Gasteiger partial charge on any atom is 0.335 e. The fourth-order valence-corrected chi connectivity index (χ4v) is 3.56. The van der Waals surface area contributed by atoms with Crippen LogP contribution in [0.5, 0.6) is 5.88 Å². The van der Waals surface area contributed by atoms with Crippen molar-refractivity contribution in [2.24, 2.45) is 0 Å². The Morgan fingerprint density at radius 1 is 1.03 bits per heavy atom. The number of rotatable bonds is 6. The van der Waals surface area contributed by atoms with Crippen LogP contribution in [0.4, 0.5) is 0 Å². The van der Waals surface area contributed by atoms with Crippen LogP contribution in [0.25, 0.3) is 27.9 Å². The zero-order chi connectivity index (χ0) is 22.4. The summed E-state index contributed by atoms with van der Waals surface area (Å²) in [5, 5.41) is 2.38. The molecule has 0 spiro atoms. The average Bonchev–Trinajstić information content (AvgIpc) is 3.28. The maximum atomic E-state index is 8.49. The zero-order valence-corrected chi connectivity index (χ0v) is 17.9. The molecule has 0 bridgehead atoms. The van der Waals surface area contributed by atoms with Crippen molar-refractivity contribution in [3.63, 3.8) is 0 Å². The summed E-state index contributed by atoms with van der Waals surface area (Å²) in [5.41, 5.74) is 3.25. The molecule has 2 aromatic carbocycles. The van der Waals surface area contributed by atoms with E-state index in [4.69, 9.17) is 27.8 Å². The molecule has 0 radical (unpaired) electrons. The van der Waals surface area contributed by atoms with Gasteiger partial charge in [0.2, 0.25) is 11.5 Å². The number of hydrogen-bond donors (Lipinski definition) is 0. The van der Waals surface area contributed by atoms with Crippen LogP contribution in [0.1, 0.15) is 19.0 Å². The molecule has 0 fully saturated rings. The number of aromatic nitrogens is 2. The van der Waals surface area contributed by atoms with E-state index in [0.29, 0.717) is 0 Å². The molecule has 0 saturated carbocycles. The van der Waals surface area contributed by atoms with E-state index in [1.165, 1.54) is 11.1 Å². The lowest BCUT2D eigenvalue weighted by Crippen LogP contribution is -2.68. The van der Waals surface area contributed by atoms with Crippen molar-refractivity contribution < 1.29 is 42.6 Å². The fourth-order valence-electron chi connectivity index (χ4n) is 3.56. The Morgan fingerprint density at radius 2 is 1.68 bits per heavy atom. The van der Waals surface area contributed by atoms with E-state index in [0.717, 1.165) is 41.9 Å². The lowest BCUT2D eigenvalue weighted by Gasteiger charge is -2.17. The molecule has 31 heavy (non-hydrogen) atoms. The average molecular weight is 447 g/mol. The van der Waals surface area contributed by atoms with Crippen molar-refractivity contribution in [1.29, 1.82) is 0 Å². The van der Waals surface area contributed by atoms with Crippen LogP contribution >= 0.6 is 0 Å². The summed E-state index contributed by atoms with van der Waals surface area (Å²) < 4.78 is 49.6. The number of para-hydroxylation sites is 2. The molecular formula is C22H23ClN2O6. The van der Waals surface area contributed by atoms with Crippen molar-refractivity contribution in [3.8, 4) is 5.88 Å². The lowest BCUT2D eigenvalue weighted by atomic mass is 10.1. The fraction of sp³-hybridized carbons (Fsp3) is 0.227. The number of aryl methyl sites for hydroxylation is 1. The molecule has 0 aliphatic rings. The number of methoxy groups -OCH3 is 1. The first-order chi connectivity index (χ1) is 14.8. The van der Waals surface area contributed by atoms with Gasteiger partial charge < -0.3 is 13.7 Å². The summed E-state index contributed by atoms with van der Waals surface area (Å²) >= 11 is 0. The molecule has 8 nitrogen and oxygen atoms in total. The summed E-state index contributed by atoms with van der Waals surface area (Å²) in [4.78, 5) is 0. The molecule has 0 saturated heterocycles.